The SMILES string of the molecule is CNCc1ccc(Oc2ccc(Br)cc2Br)cc1. The highest BCUT2D eigenvalue weighted by Gasteiger charge is 2.03. The summed E-state index contributed by atoms with van der Waals surface area (Å²) in [6.45, 7) is 0.863. The van der Waals surface area contributed by atoms with Gasteiger partial charge in [-0.25, -0.2) is 0 Å². The van der Waals surface area contributed by atoms with Crippen LogP contribution in [0.5, 0.6) is 11.5 Å². The van der Waals surface area contributed by atoms with Crippen molar-refractivity contribution in [3.63, 3.8) is 0 Å². The molecular formula is C14H13Br2NO. The van der Waals surface area contributed by atoms with Crippen LogP contribution >= 0.6 is 31.9 Å². The molecule has 0 atom stereocenters. The van der Waals surface area contributed by atoms with E-state index >= 15 is 0 Å². The fourth-order valence-electron chi connectivity index (χ4n) is 1.56. The topological polar surface area (TPSA) is 21.3 Å². The van der Waals surface area contributed by atoms with E-state index in [1.807, 2.05) is 37.4 Å². The van der Waals surface area contributed by atoms with E-state index in [1.54, 1.807) is 0 Å². The minimum Gasteiger partial charge on any atom is -0.456 e. The Morgan fingerprint density at radius 1 is 1.06 bits per heavy atom. The minimum absolute atomic E-state index is 0.805. The largest absolute Gasteiger partial charge is 0.456 e. The van der Waals surface area contributed by atoms with Gasteiger partial charge in [-0.05, 0) is 58.9 Å². The van der Waals surface area contributed by atoms with Crippen LogP contribution in [0.3, 0.4) is 0 Å². The van der Waals surface area contributed by atoms with Crippen LogP contribution in [0.15, 0.2) is 51.4 Å². The van der Waals surface area contributed by atoms with Gasteiger partial charge in [0, 0.05) is 11.0 Å². The zero-order chi connectivity index (χ0) is 13.0. The average Bonchev–Trinajstić information content (AvgIpc) is 2.35. The Hall–Kier alpha value is -0.840. The molecule has 0 aliphatic carbocycles. The van der Waals surface area contributed by atoms with Crippen molar-refractivity contribution >= 4 is 31.9 Å². The van der Waals surface area contributed by atoms with E-state index in [0.717, 1.165) is 27.0 Å². The maximum absolute atomic E-state index is 5.81. The second kappa shape index (κ2) is 6.36. The molecule has 0 saturated heterocycles. The molecule has 0 amide bonds. The summed E-state index contributed by atoms with van der Waals surface area (Å²) in [6.07, 6.45) is 0. The van der Waals surface area contributed by atoms with Crippen molar-refractivity contribution < 1.29 is 4.74 Å². The van der Waals surface area contributed by atoms with E-state index in [2.05, 4.69) is 49.3 Å². The molecule has 2 aromatic carbocycles. The Bertz CT molecular complexity index is 526. The lowest BCUT2D eigenvalue weighted by Gasteiger charge is -2.08. The summed E-state index contributed by atoms with van der Waals surface area (Å²) in [5.74, 6) is 1.64. The van der Waals surface area contributed by atoms with Gasteiger partial charge in [-0.1, -0.05) is 28.1 Å². The molecule has 18 heavy (non-hydrogen) atoms. The van der Waals surface area contributed by atoms with Gasteiger partial charge < -0.3 is 10.1 Å². The summed E-state index contributed by atoms with van der Waals surface area (Å²) in [4.78, 5) is 0. The Morgan fingerprint density at radius 3 is 2.39 bits per heavy atom. The Kier molecular flexibility index (Phi) is 4.80. The van der Waals surface area contributed by atoms with Crippen LogP contribution in [-0.4, -0.2) is 7.05 Å². The van der Waals surface area contributed by atoms with Crippen molar-refractivity contribution in [2.45, 2.75) is 6.54 Å². The van der Waals surface area contributed by atoms with Gasteiger partial charge in [0.2, 0.25) is 0 Å². The number of ether oxygens (including phenoxy) is 1. The predicted molar refractivity (Wildman–Crippen MR) is 81.1 cm³/mol. The third-order valence-electron chi connectivity index (χ3n) is 2.43. The highest BCUT2D eigenvalue weighted by Crippen LogP contribution is 2.31. The maximum atomic E-state index is 5.81. The number of nitrogens with one attached hydrogen (secondary N) is 1. The Balaban J connectivity index is 2.13. The third-order valence-corrected chi connectivity index (χ3v) is 3.54. The number of rotatable bonds is 4. The van der Waals surface area contributed by atoms with Crippen LogP contribution in [0, 0.1) is 0 Å². The van der Waals surface area contributed by atoms with Crippen LogP contribution in [0.4, 0.5) is 0 Å². The second-order valence-corrected chi connectivity index (χ2v) is 5.62. The first-order valence-electron chi connectivity index (χ1n) is 5.55. The highest BCUT2D eigenvalue weighted by molar-refractivity contribution is 9.11. The monoisotopic (exact) mass is 369 g/mol. The molecule has 0 saturated carbocycles. The first kappa shape index (κ1) is 13.6. The van der Waals surface area contributed by atoms with Crippen molar-refractivity contribution in [1.82, 2.24) is 5.32 Å². The van der Waals surface area contributed by atoms with Crippen molar-refractivity contribution in [3.05, 3.63) is 57.0 Å². The summed E-state index contributed by atoms with van der Waals surface area (Å²) >= 11 is 6.89. The molecule has 0 aliphatic rings. The highest BCUT2D eigenvalue weighted by atomic mass is 79.9. The summed E-state index contributed by atoms with van der Waals surface area (Å²) in [5, 5.41) is 3.11. The fourth-order valence-corrected chi connectivity index (χ4v) is 2.69. The van der Waals surface area contributed by atoms with Gasteiger partial charge in [0.25, 0.3) is 0 Å². The standard InChI is InChI=1S/C14H13Br2NO/c1-17-9-10-2-5-12(6-3-10)18-14-7-4-11(15)8-13(14)16/h2-8,17H,9H2,1H3. The lowest BCUT2D eigenvalue weighted by atomic mass is 10.2. The van der Waals surface area contributed by atoms with E-state index in [-0.39, 0.29) is 0 Å². The van der Waals surface area contributed by atoms with Gasteiger partial charge in [0.1, 0.15) is 11.5 Å². The second-order valence-electron chi connectivity index (χ2n) is 3.85. The molecule has 94 valence electrons. The zero-order valence-electron chi connectivity index (χ0n) is 9.91. The normalized spacial score (nSPS) is 10.4. The van der Waals surface area contributed by atoms with Crippen LogP contribution < -0.4 is 10.1 Å². The van der Waals surface area contributed by atoms with Crippen molar-refractivity contribution in [2.24, 2.45) is 0 Å². The first-order valence-corrected chi connectivity index (χ1v) is 7.14. The number of benzene rings is 2. The van der Waals surface area contributed by atoms with Crippen molar-refractivity contribution in [2.75, 3.05) is 7.05 Å². The molecule has 2 aromatic rings. The number of hydrogen-bond donors (Lipinski definition) is 1. The van der Waals surface area contributed by atoms with Crippen LogP contribution in [-0.2, 0) is 6.54 Å². The molecule has 0 aliphatic heterocycles. The molecule has 0 aromatic heterocycles. The summed E-state index contributed by atoms with van der Waals surface area (Å²) in [6, 6.07) is 13.9. The molecule has 4 heteroatoms. The quantitative estimate of drug-likeness (QED) is 0.840. The molecule has 0 fully saturated rings. The van der Waals surface area contributed by atoms with Gasteiger partial charge in [0.05, 0.1) is 4.47 Å². The fraction of sp³-hybridized carbons (Fsp3) is 0.143. The average molecular weight is 371 g/mol. The van der Waals surface area contributed by atoms with Crippen molar-refractivity contribution in [3.8, 4) is 11.5 Å². The summed E-state index contributed by atoms with van der Waals surface area (Å²) in [5.41, 5.74) is 1.24. The molecule has 0 bridgehead atoms. The number of halogens is 2. The molecular weight excluding hydrogens is 358 g/mol. The first-order chi connectivity index (χ1) is 8.69. The molecule has 0 spiro atoms. The number of hydrogen-bond acceptors (Lipinski definition) is 2. The van der Waals surface area contributed by atoms with Gasteiger partial charge in [0.15, 0.2) is 0 Å². The van der Waals surface area contributed by atoms with E-state index < -0.39 is 0 Å². The zero-order valence-corrected chi connectivity index (χ0v) is 13.1. The van der Waals surface area contributed by atoms with E-state index in [4.69, 9.17) is 4.74 Å². The van der Waals surface area contributed by atoms with E-state index in [1.165, 1.54) is 5.56 Å². The summed E-state index contributed by atoms with van der Waals surface area (Å²) < 4.78 is 7.76. The molecule has 1 N–H and O–H groups in total. The van der Waals surface area contributed by atoms with E-state index in [9.17, 15) is 0 Å². The van der Waals surface area contributed by atoms with Gasteiger partial charge in [-0.3, -0.25) is 0 Å². The van der Waals surface area contributed by atoms with Crippen LogP contribution in [0.1, 0.15) is 5.56 Å². The third kappa shape index (κ3) is 3.57. The molecule has 2 nitrogen and oxygen atoms in total. The minimum atomic E-state index is 0.805. The van der Waals surface area contributed by atoms with Gasteiger partial charge in [-0.2, -0.15) is 0 Å². The van der Waals surface area contributed by atoms with Gasteiger partial charge >= 0.3 is 0 Å². The molecule has 2 rings (SSSR count). The molecule has 0 unspecified atom stereocenters. The lowest BCUT2D eigenvalue weighted by Crippen LogP contribution is -2.04. The van der Waals surface area contributed by atoms with E-state index in [0.29, 0.717) is 0 Å². The lowest BCUT2D eigenvalue weighted by molar-refractivity contribution is 0.479. The van der Waals surface area contributed by atoms with Gasteiger partial charge in [-0.15, -0.1) is 0 Å². The summed E-state index contributed by atoms with van der Waals surface area (Å²) in [7, 11) is 1.93. The van der Waals surface area contributed by atoms with Crippen LogP contribution in [0.25, 0.3) is 0 Å². The molecule has 0 heterocycles. The molecule has 0 radical (unpaired) electrons. The maximum Gasteiger partial charge on any atom is 0.141 e. The predicted octanol–water partition coefficient (Wildman–Crippen LogP) is 4.72. The van der Waals surface area contributed by atoms with Crippen LogP contribution in [0.2, 0.25) is 0 Å². The Labute approximate surface area is 124 Å². The Morgan fingerprint density at radius 2 is 1.78 bits per heavy atom. The van der Waals surface area contributed by atoms with Crippen molar-refractivity contribution in [1.29, 1.82) is 0 Å². The smallest absolute Gasteiger partial charge is 0.141 e.